The first kappa shape index (κ1) is 11.6. The van der Waals surface area contributed by atoms with Gasteiger partial charge in [-0.15, -0.1) is 0 Å². The molecule has 0 fully saturated rings. The van der Waals surface area contributed by atoms with Crippen molar-refractivity contribution in [1.29, 1.82) is 0 Å². The van der Waals surface area contributed by atoms with E-state index in [1.807, 2.05) is 0 Å². The Morgan fingerprint density at radius 2 is 1.95 bits per heavy atom. The molecule has 4 heteroatoms. The fourth-order valence-electron chi connectivity index (χ4n) is 2.12. The van der Waals surface area contributed by atoms with Crippen LogP contribution in [0.2, 0.25) is 0 Å². The predicted molar refractivity (Wildman–Crippen MR) is 72.5 cm³/mol. The van der Waals surface area contributed by atoms with Crippen LogP contribution < -0.4 is 5.56 Å². The lowest BCUT2D eigenvalue weighted by molar-refractivity contribution is 0.631. The summed E-state index contributed by atoms with van der Waals surface area (Å²) in [6.45, 7) is 1.73. The Labute approximate surface area is 108 Å². The second-order valence-electron chi connectivity index (χ2n) is 4.36. The van der Waals surface area contributed by atoms with Crippen LogP contribution in [0.1, 0.15) is 5.82 Å². The molecule has 0 aliphatic heterocycles. The van der Waals surface area contributed by atoms with Crippen molar-refractivity contribution < 1.29 is 4.39 Å². The molecule has 1 aromatic heterocycles. The van der Waals surface area contributed by atoms with Gasteiger partial charge >= 0.3 is 0 Å². The number of aryl methyl sites for hydroxylation is 1. The van der Waals surface area contributed by atoms with E-state index in [0.29, 0.717) is 27.9 Å². The molecule has 19 heavy (non-hydrogen) atoms. The van der Waals surface area contributed by atoms with Crippen molar-refractivity contribution >= 4 is 10.9 Å². The highest BCUT2D eigenvalue weighted by molar-refractivity contribution is 5.83. The number of benzene rings is 2. The Kier molecular flexibility index (Phi) is 2.63. The van der Waals surface area contributed by atoms with E-state index < -0.39 is 0 Å². The topological polar surface area (TPSA) is 45.8 Å². The van der Waals surface area contributed by atoms with Crippen molar-refractivity contribution in [2.45, 2.75) is 6.92 Å². The molecule has 0 radical (unpaired) electrons. The third kappa shape index (κ3) is 2.01. The van der Waals surface area contributed by atoms with Gasteiger partial charge in [-0.05, 0) is 30.7 Å². The van der Waals surface area contributed by atoms with Crippen molar-refractivity contribution in [2.24, 2.45) is 0 Å². The number of rotatable bonds is 1. The number of fused-ring (bicyclic) bond motifs is 1. The van der Waals surface area contributed by atoms with Crippen LogP contribution in [-0.4, -0.2) is 9.97 Å². The van der Waals surface area contributed by atoms with Gasteiger partial charge in [0.15, 0.2) is 0 Å². The van der Waals surface area contributed by atoms with Crippen LogP contribution in [0.5, 0.6) is 0 Å². The maximum absolute atomic E-state index is 13.7. The molecule has 0 spiro atoms. The highest BCUT2D eigenvalue weighted by Crippen LogP contribution is 2.24. The molecule has 2 aromatic carbocycles. The van der Waals surface area contributed by atoms with Gasteiger partial charge in [-0.25, -0.2) is 9.37 Å². The number of H-pyrrole nitrogens is 1. The number of nitrogens with one attached hydrogen (secondary N) is 1. The fourth-order valence-corrected chi connectivity index (χ4v) is 2.12. The molecule has 1 heterocycles. The molecule has 3 aromatic rings. The number of nitrogens with zero attached hydrogens (tertiary/aromatic N) is 1. The van der Waals surface area contributed by atoms with Crippen LogP contribution in [0, 0.1) is 12.7 Å². The molecule has 3 rings (SSSR count). The van der Waals surface area contributed by atoms with E-state index in [2.05, 4.69) is 9.97 Å². The second kappa shape index (κ2) is 4.31. The first-order chi connectivity index (χ1) is 9.15. The molecular formula is C15H11FN2O. The summed E-state index contributed by atoms with van der Waals surface area (Å²) in [7, 11) is 0. The molecule has 0 saturated heterocycles. The van der Waals surface area contributed by atoms with Gasteiger partial charge in [0.1, 0.15) is 11.6 Å². The molecule has 0 atom stereocenters. The van der Waals surface area contributed by atoms with Gasteiger partial charge in [0.05, 0.1) is 10.9 Å². The Morgan fingerprint density at radius 1 is 1.16 bits per heavy atom. The van der Waals surface area contributed by atoms with E-state index in [1.54, 1.807) is 43.3 Å². The fraction of sp³-hybridized carbons (Fsp3) is 0.0667. The monoisotopic (exact) mass is 254 g/mol. The minimum Gasteiger partial charge on any atom is -0.310 e. The molecule has 0 unspecified atom stereocenters. The summed E-state index contributed by atoms with van der Waals surface area (Å²) >= 11 is 0. The summed E-state index contributed by atoms with van der Waals surface area (Å²) < 4.78 is 13.7. The number of hydrogen-bond donors (Lipinski definition) is 1. The highest BCUT2D eigenvalue weighted by atomic mass is 19.1. The van der Waals surface area contributed by atoms with Gasteiger partial charge in [-0.2, -0.15) is 0 Å². The quantitative estimate of drug-likeness (QED) is 0.725. The smallest absolute Gasteiger partial charge is 0.258 e. The number of hydrogen-bond acceptors (Lipinski definition) is 2. The van der Waals surface area contributed by atoms with Crippen molar-refractivity contribution in [1.82, 2.24) is 9.97 Å². The number of aromatic amines is 1. The zero-order chi connectivity index (χ0) is 13.4. The number of halogens is 1. The molecular weight excluding hydrogens is 243 g/mol. The average Bonchev–Trinajstić information content (AvgIpc) is 2.39. The van der Waals surface area contributed by atoms with E-state index >= 15 is 0 Å². The summed E-state index contributed by atoms with van der Waals surface area (Å²) in [6.07, 6.45) is 0. The largest absolute Gasteiger partial charge is 0.310 e. The maximum atomic E-state index is 13.7. The van der Waals surface area contributed by atoms with Gasteiger partial charge in [0.2, 0.25) is 0 Å². The zero-order valence-electron chi connectivity index (χ0n) is 10.3. The summed E-state index contributed by atoms with van der Waals surface area (Å²) in [5.41, 5.74) is 1.55. The van der Waals surface area contributed by atoms with Crippen LogP contribution >= 0.6 is 0 Å². The highest BCUT2D eigenvalue weighted by Gasteiger charge is 2.07. The van der Waals surface area contributed by atoms with Gasteiger partial charge in [-0.1, -0.05) is 24.3 Å². The number of aromatic nitrogens is 2. The van der Waals surface area contributed by atoms with E-state index in [4.69, 9.17) is 0 Å². The third-order valence-corrected chi connectivity index (χ3v) is 3.01. The minimum absolute atomic E-state index is 0.208. The first-order valence-electron chi connectivity index (χ1n) is 5.91. The van der Waals surface area contributed by atoms with Gasteiger partial charge in [0, 0.05) is 5.56 Å². The lowest BCUT2D eigenvalue weighted by Crippen LogP contribution is -2.09. The SMILES string of the molecule is Cc1nc2ccc(-c3ccccc3F)cc2c(=O)[nH]1. The van der Waals surface area contributed by atoms with E-state index in [0.717, 1.165) is 0 Å². The van der Waals surface area contributed by atoms with Crippen molar-refractivity contribution in [3.63, 3.8) is 0 Å². The van der Waals surface area contributed by atoms with Crippen molar-refractivity contribution in [3.8, 4) is 11.1 Å². The van der Waals surface area contributed by atoms with Gasteiger partial charge < -0.3 is 4.98 Å². The normalized spacial score (nSPS) is 10.8. The van der Waals surface area contributed by atoms with E-state index in [1.165, 1.54) is 6.07 Å². The van der Waals surface area contributed by atoms with Crippen LogP contribution in [0.25, 0.3) is 22.0 Å². The second-order valence-corrected chi connectivity index (χ2v) is 4.36. The van der Waals surface area contributed by atoms with Crippen LogP contribution in [-0.2, 0) is 0 Å². The Morgan fingerprint density at radius 3 is 2.74 bits per heavy atom. The maximum Gasteiger partial charge on any atom is 0.258 e. The van der Waals surface area contributed by atoms with E-state index in [9.17, 15) is 9.18 Å². The minimum atomic E-state index is -0.307. The van der Waals surface area contributed by atoms with Crippen molar-refractivity contribution in [3.05, 3.63) is 64.5 Å². The van der Waals surface area contributed by atoms with Gasteiger partial charge in [0.25, 0.3) is 5.56 Å². The summed E-state index contributed by atoms with van der Waals surface area (Å²) in [6, 6.07) is 11.7. The van der Waals surface area contributed by atoms with E-state index in [-0.39, 0.29) is 11.4 Å². The molecule has 3 nitrogen and oxygen atoms in total. The van der Waals surface area contributed by atoms with Crippen LogP contribution in [0.15, 0.2) is 47.3 Å². The summed E-state index contributed by atoms with van der Waals surface area (Å²) in [4.78, 5) is 18.8. The summed E-state index contributed by atoms with van der Waals surface area (Å²) in [5.74, 6) is 0.259. The Balaban J connectivity index is 2.28. The standard InChI is InChI=1S/C15H11FN2O/c1-9-17-14-7-6-10(8-12(14)15(19)18-9)11-4-2-3-5-13(11)16/h2-8H,1H3,(H,17,18,19). The molecule has 0 aliphatic rings. The first-order valence-corrected chi connectivity index (χ1v) is 5.91. The van der Waals surface area contributed by atoms with Crippen molar-refractivity contribution in [2.75, 3.05) is 0 Å². The van der Waals surface area contributed by atoms with Crippen LogP contribution in [0.3, 0.4) is 0 Å². The van der Waals surface area contributed by atoms with Gasteiger partial charge in [-0.3, -0.25) is 4.79 Å². The lowest BCUT2D eigenvalue weighted by atomic mass is 10.0. The average molecular weight is 254 g/mol. The molecule has 94 valence electrons. The summed E-state index contributed by atoms with van der Waals surface area (Å²) in [5, 5.41) is 0.464. The molecule has 0 bridgehead atoms. The Hall–Kier alpha value is -2.49. The molecule has 0 saturated carbocycles. The molecule has 0 amide bonds. The van der Waals surface area contributed by atoms with Crippen LogP contribution in [0.4, 0.5) is 4.39 Å². The third-order valence-electron chi connectivity index (χ3n) is 3.01. The molecule has 0 aliphatic carbocycles. The molecule has 1 N–H and O–H groups in total. The Bertz CT molecular complexity index is 824. The predicted octanol–water partition coefficient (Wildman–Crippen LogP) is 3.04. The lowest BCUT2D eigenvalue weighted by Gasteiger charge is -2.05. The zero-order valence-corrected chi connectivity index (χ0v) is 10.3.